The first-order chi connectivity index (χ1) is 13.7. The maximum atomic E-state index is 13.1. The number of Topliss-reactive ketones (excluding diaryl/α,β-unsaturated/α-hetero) is 1. The van der Waals surface area contributed by atoms with Crippen LogP contribution in [-0.4, -0.2) is 62.5 Å². The second-order valence-corrected chi connectivity index (χ2v) is 7.60. The van der Waals surface area contributed by atoms with Crippen molar-refractivity contribution in [3.8, 4) is 0 Å². The van der Waals surface area contributed by atoms with Crippen LogP contribution in [0.2, 0.25) is 0 Å². The molecule has 0 amide bonds. The molecule has 1 unspecified atom stereocenters. The number of piperazine rings is 1. The van der Waals surface area contributed by atoms with Gasteiger partial charge < -0.3 is 9.47 Å². The van der Waals surface area contributed by atoms with Crippen LogP contribution in [0.25, 0.3) is 0 Å². The van der Waals surface area contributed by atoms with Crippen molar-refractivity contribution in [1.29, 1.82) is 0 Å². The molecule has 1 saturated heterocycles. The highest BCUT2D eigenvalue weighted by Gasteiger charge is 2.53. The zero-order valence-corrected chi connectivity index (χ0v) is 16.6. The molecule has 5 heteroatoms. The second kappa shape index (κ2) is 8.13. The molecule has 2 aliphatic rings. The molecule has 0 aromatic heterocycles. The molecule has 5 nitrogen and oxygen atoms in total. The molecule has 1 heterocycles. The van der Waals surface area contributed by atoms with E-state index in [2.05, 4.69) is 40.1 Å². The Morgan fingerprint density at radius 2 is 1.50 bits per heavy atom. The summed E-state index contributed by atoms with van der Waals surface area (Å²) < 4.78 is 11.6. The van der Waals surface area contributed by atoms with E-state index in [-0.39, 0.29) is 11.7 Å². The fourth-order valence-corrected chi connectivity index (χ4v) is 4.57. The van der Waals surface area contributed by atoms with Gasteiger partial charge in [0.1, 0.15) is 0 Å². The minimum absolute atomic E-state index is 0.117. The van der Waals surface area contributed by atoms with Gasteiger partial charge in [-0.05, 0) is 5.56 Å². The second-order valence-electron chi connectivity index (χ2n) is 7.60. The number of carbonyl (C=O) groups excluding carboxylic acids is 1. The molecule has 2 aromatic rings. The third-order valence-electron chi connectivity index (χ3n) is 6.10. The lowest BCUT2D eigenvalue weighted by atomic mass is 9.97. The van der Waals surface area contributed by atoms with Crippen molar-refractivity contribution >= 4 is 5.78 Å². The SMILES string of the molecule is COC1(OC)c2ccccc2C(=O)C1CN1CCN(Cc2ccccc2)CC1. The van der Waals surface area contributed by atoms with E-state index in [9.17, 15) is 4.79 Å². The molecule has 2 aromatic carbocycles. The molecule has 0 N–H and O–H groups in total. The van der Waals surface area contributed by atoms with E-state index < -0.39 is 5.79 Å². The van der Waals surface area contributed by atoms with Crippen LogP contribution in [-0.2, 0) is 21.8 Å². The molecular formula is C23H28N2O3. The van der Waals surface area contributed by atoms with Gasteiger partial charge >= 0.3 is 0 Å². The predicted molar refractivity (Wildman–Crippen MR) is 108 cm³/mol. The van der Waals surface area contributed by atoms with Gasteiger partial charge in [-0.1, -0.05) is 54.6 Å². The zero-order chi connectivity index (χ0) is 19.6. The Bertz CT molecular complexity index is 812. The average Bonchev–Trinajstić information content (AvgIpc) is 2.99. The fourth-order valence-electron chi connectivity index (χ4n) is 4.57. The van der Waals surface area contributed by atoms with Gasteiger partial charge in [-0.3, -0.25) is 14.6 Å². The molecule has 4 rings (SSSR count). The third kappa shape index (κ3) is 3.40. The Morgan fingerprint density at radius 1 is 0.893 bits per heavy atom. The van der Waals surface area contributed by atoms with Crippen molar-refractivity contribution in [2.75, 3.05) is 46.9 Å². The van der Waals surface area contributed by atoms with Gasteiger partial charge in [-0.25, -0.2) is 0 Å². The van der Waals surface area contributed by atoms with E-state index in [1.807, 2.05) is 24.3 Å². The standard InChI is InChI=1S/C23H28N2O3/c1-27-23(28-2)20-11-7-6-10-19(20)22(26)21(23)17-25-14-12-24(13-15-25)16-18-8-4-3-5-9-18/h3-11,21H,12-17H2,1-2H3. The number of benzene rings is 2. The zero-order valence-electron chi connectivity index (χ0n) is 16.6. The monoisotopic (exact) mass is 380 g/mol. The highest BCUT2D eigenvalue weighted by molar-refractivity contribution is 6.03. The van der Waals surface area contributed by atoms with Crippen LogP contribution in [0.3, 0.4) is 0 Å². The normalized spacial score (nSPS) is 22.4. The van der Waals surface area contributed by atoms with Gasteiger partial charge in [0, 0.05) is 64.6 Å². The lowest BCUT2D eigenvalue weighted by Gasteiger charge is -2.39. The average molecular weight is 380 g/mol. The molecule has 1 fully saturated rings. The molecule has 1 atom stereocenters. The van der Waals surface area contributed by atoms with Crippen LogP contribution >= 0.6 is 0 Å². The van der Waals surface area contributed by atoms with Crippen LogP contribution in [0.4, 0.5) is 0 Å². The largest absolute Gasteiger partial charge is 0.349 e. The van der Waals surface area contributed by atoms with Crippen molar-refractivity contribution in [1.82, 2.24) is 9.80 Å². The quantitative estimate of drug-likeness (QED) is 0.721. The van der Waals surface area contributed by atoms with Crippen LogP contribution in [0.5, 0.6) is 0 Å². The Morgan fingerprint density at radius 3 is 2.18 bits per heavy atom. The molecule has 28 heavy (non-hydrogen) atoms. The highest BCUT2D eigenvalue weighted by atomic mass is 16.7. The summed E-state index contributed by atoms with van der Waals surface area (Å²) in [6.45, 7) is 5.50. The number of ketones is 1. The van der Waals surface area contributed by atoms with Gasteiger partial charge in [0.05, 0.1) is 5.92 Å². The van der Waals surface area contributed by atoms with E-state index in [0.29, 0.717) is 6.54 Å². The van der Waals surface area contributed by atoms with Gasteiger partial charge in [0.2, 0.25) is 5.79 Å². The van der Waals surface area contributed by atoms with Crippen LogP contribution in [0, 0.1) is 5.92 Å². The lowest BCUT2D eigenvalue weighted by molar-refractivity contribution is -0.237. The molecular weight excluding hydrogens is 352 g/mol. The van der Waals surface area contributed by atoms with Gasteiger partial charge in [0.15, 0.2) is 5.78 Å². The van der Waals surface area contributed by atoms with Crippen LogP contribution in [0.1, 0.15) is 21.5 Å². The predicted octanol–water partition coefficient (Wildman–Crippen LogP) is 2.76. The number of hydrogen-bond donors (Lipinski definition) is 0. The first-order valence-corrected chi connectivity index (χ1v) is 9.90. The summed E-state index contributed by atoms with van der Waals surface area (Å²) in [6.07, 6.45) is 0. The summed E-state index contributed by atoms with van der Waals surface area (Å²) in [6, 6.07) is 18.2. The van der Waals surface area contributed by atoms with E-state index in [4.69, 9.17) is 9.47 Å². The molecule has 1 aliphatic carbocycles. The molecule has 0 bridgehead atoms. The minimum Gasteiger partial charge on any atom is -0.349 e. The molecule has 1 aliphatic heterocycles. The minimum atomic E-state index is -0.991. The van der Waals surface area contributed by atoms with E-state index in [1.165, 1.54) is 5.56 Å². The summed E-state index contributed by atoms with van der Waals surface area (Å²) >= 11 is 0. The van der Waals surface area contributed by atoms with Gasteiger partial charge in [0.25, 0.3) is 0 Å². The van der Waals surface area contributed by atoms with Gasteiger partial charge in [-0.2, -0.15) is 0 Å². The molecule has 0 radical (unpaired) electrons. The maximum Gasteiger partial charge on any atom is 0.206 e. The number of fused-ring (bicyclic) bond motifs is 1. The number of methoxy groups -OCH3 is 2. The van der Waals surface area contributed by atoms with E-state index in [0.717, 1.165) is 43.9 Å². The molecule has 0 spiro atoms. The number of nitrogens with zero attached hydrogens (tertiary/aromatic N) is 2. The van der Waals surface area contributed by atoms with Crippen molar-refractivity contribution in [3.63, 3.8) is 0 Å². The number of carbonyl (C=O) groups is 1. The van der Waals surface area contributed by atoms with Crippen molar-refractivity contribution in [2.45, 2.75) is 12.3 Å². The lowest BCUT2D eigenvalue weighted by Crippen LogP contribution is -2.51. The first-order valence-electron chi connectivity index (χ1n) is 9.90. The Kier molecular flexibility index (Phi) is 5.60. The first kappa shape index (κ1) is 19.3. The topological polar surface area (TPSA) is 42.0 Å². The number of hydrogen-bond acceptors (Lipinski definition) is 5. The van der Waals surface area contributed by atoms with Crippen LogP contribution in [0.15, 0.2) is 54.6 Å². The van der Waals surface area contributed by atoms with Crippen molar-refractivity contribution in [3.05, 3.63) is 71.3 Å². The Hall–Kier alpha value is -2.05. The Balaban J connectivity index is 1.43. The Labute approximate surface area is 166 Å². The fraction of sp³-hybridized carbons (Fsp3) is 0.435. The number of rotatable bonds is 6. The van der Waals surface area contributed by atoms with Crippen molar-refractivity contribution in [2.24, 2.45) is 5.92 Å². The number of ether oxygens (including phenoxy) is 2. The summed E-state index contributed by atoms with van der Waals surface area (Å²) in [5.41, 5.74) is 2.91. The summed E-state index contributed by atoms with van der Waals surface area (Å²) in [5, 5.41) is 0. The van der Waals surface area contributed by atoms with E-state index >= 15 is 0 Å². The maximum absolute atomic E-state index is 13.1. The highest BCUT2D eigenvalue weighted by Crippen LogP contribution is 2.44. The molecule has 148 valence electrons. The third-order valence-corrected chi connectivity index (χ3v) is 6.10. The summed E-state index contributed by atoms with van der Waals surface area (Å²) in [7, 11) is 3.26. The smallest absolute Gasteiger partial charge is 0.206 e. The van der Waals surface area contributed by atoms with Crippen LogP contribution < -0.4 is 0 Å². The summed E-state index contributed by atoms with van der Waals surface area (Å²) in [4.78, 5) is 17.9. The van der Waals surface area contributed by atoms with E-state index in [1.54, 1.807) is 14.2 Å². The van der Waals surface area contributed by atoms with Crippen molar-refractivity contribution < 1.29 is 14.3 Å². The van der Waals surface area contributed by atoms with Gasteiger partial charge in [-0.15, -0.1) is 0 Å². The molecule has 0 saturated carbocycles. The summed E-state index contributed by atoms with van der Waals surface area (Å²) in [5.74, 6) is -1.22.